The number of hydrogen-bond donors (Lipinski definition) is 3. The Bertz CT molecular complexity index is 561. The molecule has 1 saturated carbocycles. The summed E-state index contributed by atoms with van der Waals surface area (Å²) in [5.41, 5.74) is 0.418. The van der Waals surface area contributed by atoms with Crippen LogP contribution in [0.2, 0.25) is 0 Å². The number of carbonyl (C=O) groups excluding carboxylic acids is 2. The van der Waals surface area contributed by atoms with Gasteiger partial charge < -0.3 is 20.2 Å². The molecule has 0 radical (unpaired) electrons. The third kappa shape index (κ3) is 5.27. The van der Waals surface area contributed by atoms with Gasteiger partial charge in [0, 0.05) is 31.7 Å². The van der Waals surface area contributed by atoms with Crippen LogP contribution in [0.4, 0.5) is 0 Å². The van der Waals surface area contributed by atoms with E-state index in [0.717, 1.165) is 6.54 Å². The molecule has 0 saturated heterocycles. The quantitative estimate of drug-likeness (QED) is 0.646. The predicted molar refractivity (Wildman–Crippen MR) is 94.0 cm³/mol. The molecule has 1 aliphatic rings. The van der Waals surface area contributed by atoms with Crippen LogP contribution in [-0.4, -0.2) is 82.8 Å². The van der Waals surface area contributed by atoms with E-state index >= 15 is 0 Å². The van der Waals surface area contributed by atoms with Gasteiger partial charge in [-0.1, -0.05) is 0 Å². The van der Waals surface area contributed by atoms with E-state index in [9.17, 15) is 14.7 Å². The van der Waals surface area contributed by atoms with Crippen molar-refractivity contribution >= 4 is 11.8 Å². The summed E-state index contributed by atoms with van der Waals surface area (Å²) in [7, 11) is 3.97. The average Bonchev–Trinajstić information content (AvgIpc) is 3.11. The monoisotopic (exact) mass is 351 g/mol. The maximum atomic E-state index is 12.8. The summed E-state index contributed by atoms with van der Waals surface area (Å²) in [6.45, 7) is 4.14. The molecular weight excluding hydrogens is 322 g/mol. The number of H-pyrrole nitrogens is 1. The van der Waals surface area contributed by atoms with E-state index in [-0.39, 0.29) is 17.7 Å². The molecule has 0 bridgehead atoms. The number of aromatic nitrogens is 2. The molecule has 140 valence electrons. The Balaban J connectivity index is 1.95. The van der Waals surface area contributed by atoms with Crippen LogP contribution in [-0.2, 0) is 4.79 Å². The van der Waals surface area contributed by atoms with Crippen LogP contribution in [0.1, 0.15) is 36.5 Å². The maximum absolute atomic E-state index is 12.8. The van der Waals surface area contributed by atoms with E-state index in [4.69, 9.17) is 0 Å². The van der Waals surface area contributed by atoms with Crippen molar-refractivity contribution in [3.05, 3.63) is 18.0 Å². The number of likely N-dealkylation sites (N-methyl/N-ethyl adjacent to an activating group) is 2. The van der Waals surface area contributed by atoms with Crippen LogP contribution in [0.25, 0.3) is 0 Å². The van der Waals surface area contributed by atoms with E-state index in [1.165, 1.54) is 12.4 Å². The zero-order valence-corrected chi connectivity index (χ0v) is 15.2. The summed E-state index contributed by atoms with van der Waals surface area (Å²) < 4.78 is 0. The largest absolute Gasteiger partial charge is 0.391 e. The molecule has 0 aromatic carbocycles. The van der Waals surface area contributed by atoms with Crippen molar-refractivity contribution < 1.29 is 14.7 Å². The lowest BCUT2D eigenvalue weighted by atomic mass is 9.82. The Morgan fingerprint density at radius 2 is 2.12 bits per heavy atom. The molecule has 8 nitrogen and oxygen atoms in total. The number of amides is 2. The smallest absolute Gasteiger partial charge is 0.254 e. The number of aromatic amines is 1. The lowest BCUT2D eigenvalue weighted by Crippen LogP contribution is -2.50. The lowest BCUT2D eigenvalue weighted by molar-refractivity contribution is -0.137. The zero-order valence-electron chi connectivity index (χ0n) is 15.2. The Morgan fingerprint density at radius 1 is 1.36 bits per heavy atom. The van der Waals surface area contributed by atoms with Crippen molar-refractivity contribution in [2.75, 3.05) is 33.7 Å². The Morgan fingerprint density at radius 3 is 2.72 bits per heavy atom. The van der Waals surface area contributed by atoms with Crippen molar-refractivity contribution in [3.8, 4) is 0 Å². The van der Waals surface area contributed by atoms with Gasteiger partial charge in [0.2, 0.25) is 5.91 Å². The summed E-state index contributed by atoms with van der Waals surface area (Å²) >= 11 is 0. The van der Waals surface area contributed by atoms with Gasteiger partial charge in [-0.05, 0) is 40.3 Å². The van der Waals surface area contributed by atoms with Gasteiger partial charge in [-0.15, -0.1) is 0 Å². The second-order valence-corrected chi connectivity index (χ2v) is 6.87. The highest BCUT2D eigenvalue weighted by Crippen LogP contribution is 2.27. The van der Waals surface area contributed by atoms with Gasteiger partial charge >= 0.3 is 0 Å². The fourth-order valence-corrected chi connectivity index (χ4v) is 3.16. The minimum atomic E-state index is -0.628. The highest BCUT2D eigenvalue weighted by Gasteiger charge is 2.35. The van der Waals surface area contributed by atoms with Crippen molar-refractivity contribution in [2.45, 2.75) is 38.3 Å². The maximum Gasteiger partial charge on any atom is 0.254 e. The van der Waals surface area contributed by atoms with Gasteiger partial charge in [-0.2, -0.15) is 5.10 Å². The zero-order chi connectivity index (χ0) is 18.4. The second-order valence-electron chi connectivity index (χ2n) is 6.87. The molecule has 1 fully saturated rings. The molecule has 1 aromatic heterocycles. The Kier molecular flexibility index (Phi) is 6.95. The van der Waals surface area contributed by atoms with Crippen LogP contribution >= 0.6 is 0 Å². The van der Waals surface area contributed by atoms with Gasteiger partial charge in [0.1, 0.15) is 0 Å². The van der Waals surface area contributed by atoms with Crippen LogP contribution in [0, 0.1) is 5.92 Å². The molecule has 2 rings (SSSR count). The van der Waals surface area contributed by atoms with E-state index in [0.29, 0.717) is 37.9 Å². The normalized spacial score (nSPS) is 23.5. The highest BCUT2D eigenvalue weighted by molar-refractivity contribution is 5.93. The number of rotatable bonds is 7. The molecule has 0 aliphatic heterocycles. The SMILES string of the molecule is CCN(CCN(C)C)C(=O)[C@H]1CC[C@@H](O)[C@H](NC(=O)c2cn[nH]c2)C1. The molecule has 25 heavy (non-hydrogen) atoms. The van der Waals surface area contributed by atoms with Gasteiger partial charge in [-0.3, -0.25) is 14.7 Å². The summed E-state index contributed by atoms with van der Waals surface area (Å²) in [5, 5.41) is 19.4. The third-order valence-electron chi connectivity index (χ3n) is 4.75. The number of aliphatic hydroxyl groups is 1. The molecule has 2 amide bonds. The van der Waals surface area contributed by atoms with Crippen LogP contribution in [0.15, 0.2) is 12.4 Å². The standard InChI is InChI=1S/C17H29N5O3/c1-4-22(8-7-21(2)3)17(25)12-5-6-15(23)14(9-12)20-16(24)13-10-18-19-11-13/h10-12,14-15,23H,4-9H2,1-3H3,(H,18,19)(H,20,24)/t12-,14+,15+/m0/s1. The first kappa shape index (κ1) is 19.4. The highest BCUT2D eigenvalue weighted by atomic mass is 16.3. The summed E-state index contributed by atoms with van der Waals surface area (Å²) in [6, 6.07) is -0.419. The number of nitrogens with one attached hydrogen (secondary N) is 2. The summed E-state index contributed by atoms with van der Waals surface area (Å²) in [6.07, 6.45) is 3.94. The molecule has 0 unspecified atom stereocenters. The molecule has 8 heteroatoms. The fourth-order valence-electron chi connectivity index (χ4n) is 3.16. The number of aliphatic hydroxyl groups excluding tert-OH is 1. The average molecular weight is 351 g/mol. The molecule has 3 atom stereocenters. The molecule has 3 N–H and O–H groups in total. The number of nitrogens with zero attached hydrogens (tertiary/aromatic N) is 3. The summed E-state index contributed by atoms with van der Waals surface area (Å²) in [4.78, 5) is 28.9. The van der Waals surface area contributed by atoms with Gasteiger partial charge in [0.15, 0.2) is 0 Å². The number of hydrogen-bond acceptors (Lipinski definition) is 5. The van der Waals surface area contributed by atoms with Gasteiger partial charge in [0.05, 0.1) is 23.9 Å². The molecule has 1 aliphatic carbocycles. The first-order chi connectivity index (χ1) is 11.9. The van der Waals surface area contributed by atoms with Crippen molar-refractivity contribution in [2.24, 2.45) is 5.92 Å². The first-order valence-electron chi connectivity index (χ1n) is 8.83. The van der Waals surface area contributed by atoms with Crippen molar-refractivity contribution in [1.82, 2.24) is 25.3 Å². The Hall–Kier alpha value is -1.93. The number of carbonyl (C=O) groups is 2. The van der Waals surface area contributed by atoms with E-state index in [1.807, 2.05) is 25.9 Å². The first-order valence-corrected chi connectivity index (χ1v) is 8.83. The van der Waals surface area contributed by atoms with E-state index < -0.39 is 12.1 Å². The Labute approximate surface area is 148 Å². The summed E-state index contributed by atoms with van der Waals surface area (Å²) in [5.74, 6) is -0.343. The van der Waals surface area contributed by atoms with Crippen molar-refractivity contribution in [1.29, 1.82) is 0 Å². The van der Waals surface area contributed by atoms with Gasteiger partial charge in [-0.25, -0.2) is 0 Å². The third-order valence-corrected chi connectivity index (χ3v) is 4.75. The van der Waals surface area contributed by atoms with Gasteiger partial charge in [0.25, 0.3) is 5.91 Å². The second kappa shape index (κ2) is 8.96. The molecule has 1 aromatic rings. The predicted octanol–water partition coefficient (Wildman–Crippen LogP) is 0.0792. The van der Waals surface area contributed by atoms with Crippen LogP contribution in [0.3, 0.4) is 0 Å². The molecule has 0 spiro atoms. The minimum Gasteiger partial charge on any atom is -0.391 e. The fraction of sp³-hybridized carbons (Fsp3) is 0.706. The van der Waals surface area contributed by atoms with E-state index in [2.05, 4.69) is 20.4 Å². The van der Waals surface area contributed by atoms with Crippen LogP contribution in [0.5, 0.6) is 0 Å². The van der Waals surface area contributed by atoms with E-state index in [1.54, 1.807) is 0 Å². The topological polar surface area (TPSA) is 102 Å². The van der Waals surface area contributed by atoms with Crippen molar-refractivity contribution in [3.63, 3.8) is 0 Å². The molecule has 1 heterocycles. The molecular formula is C17H29N5O3. The van der Waals surface area contributed by atoms with Crippen LogP contribution < -0.4 is 5.32 Å². The lowest BCUT2D eigenvalue weighted by Gasteiger charge is -2.35. The minimum absolute atomic E-state index is 0.110.